The molecule has 0 saturated heterocycles. The summed E-state index contributed by atoms with van der Waals surface area (Å²) in [5, 5.41) is 10.1. The van der Waals surface area contributed by atoms with Crippen molar-refractivity contribution in [1.29, 1.82) is 0 Å². The first-order valence-electron chi connectivity index (χ1n) is 7.99. The maximum absolute atomic E-state index is 12.9. The molecule has 3 heteroatoms. The Labute approximate surface area is 137 Å². The first-order chi connectivity index (χ1) is 10.8. The molecule has 0 aliphatic carbocycles. The summed E-state index contributed by atoms with van der Waals surface area (Å²) in [7, 11) is 0. The topological polar surface area (TPSA) is 29.5 Å². The lowest BCUT2D eigenvalue weighted by atomic mass is 9.86. The van der Waals surface area contributed by atoms with Gasteiger partial charge in [0.15, 0.2) is 0 Å². The Bertz CT molecular complexity index is 614. The minimum Gasteiger partial charge on any atom is -0.489 e. The van der Waals surface area contributed by atoms with Gasteiger partial charge in [0.05, 0.1) is 6.10 Å². The predicted molar refractivity (Wildman–Crippen MR) is 91.0 cm³/mol. The molecule has 23 heavy (non-hydrogen) atoms. The van der Waals surface area contributed by atoms with Crippen LogP contribution in [0.15, 0.2) is 48.5 Å². The monoisotopic (exact) mass is 316 g/mol. The summed E-state index contributed by atoms with van der Waals surface area (Å²) in [6.07, 6.45) is 1.21. The largest absolute Gasteiger partial charge is 0.489 e. The molecule has 0 radical (unpaired) electrons. The highest BCUT2D eigenvalue weighted by molar-refractivity contribution is 5.29. The fourth-order valence-corrected chi connectivity index (χ4v) is 2.27. The van der Waals surface area contributed by atoms with E-state index < -0.39 is 0 Å². The summed E-state index contributed by atoms with van der Waals surface area (Å²) in [6, 6.07) is 14.2. The molecule has 0 bridgehead atoms. The second kappa shape index (κ2) is 7.60. The van der Waals surface area contributed by atoms with Gasteiger partial charge in [-0.25, -0.2) is 4.39 Å². The molecule has 0 spiro atoms. The van der Waals surface area contributed by atoms with E-state index in [-0.39, 0.29) is 17.3 Å². The van der Waals surface area contributed by atoms with Gasteiger partial charge in [0, 0.05) is 0 Å². The van der Waals surface area contributed by atoms with Crippen LogP contribution in [0.3, 0.4) is 0 Å². The fraction of sp³-hybridized carbons (Fsp3) is 0.400. The maximum Gasteiger partial charge on any atom is 0.123 e. The highest BCUT2D eigenvalue weighted by Crippen LogP contribution is 2.24. The van der Waals surface area contributed by atoms with E-state index in [4.69, 9.17) is 4.74 Å². The average Bonchev–Trinajstić information content (AvgIpc) is 2.51. The smallest absolute Gasteiger partial charge is 0.123 e. The van der Waals surface area contributed by atoms with Gasteiger partial charge in [-0.05, 0) is 53.6 Å². The van der Waals surface area contributed by atoms with Gasteiger partial charge in [0.1, 0.15) is 18.2 Å². The number of rotatable bonds is 6. The maximum atomic E-state index is 12.9. The van der Waals surface area contributed by atoms with E-state index in [1.165, 1.54) is 12.1 Å². The van der Waals surface area contributed by atoms with Crippen LogP contribution in [0.5, 0.6) is 5.75 Å². The molecule has 124 valence electrons. The Kier molecular flexibility index (Phi) is 5.78. The van der Waals surface area contributed by atoms with E-state index in [0.717, 1.165) is 29.7 Å². The summed E-state index contributed by atoms with van der Waals surface area (Å²) < 4.78 is 18.6. The van der Waals surface area contributed by atoms with Crippen LogP contribution in [-0.4, -0.2) is 11.2 Å². The molecule has 2 nitrogen and oxygen atoms in total. The van der Waals surface area contributed by atoms with Gasteiger partial charge in [-0.15, -0.1) is 0 Å². The van der Waals surface area contributed by atoms with Crippen molar-refractivity contribution >= 4 is 0 Å². The first kappa shape index (κ1) is 17.5. The minimum atomic E-state index is -0.328. The third-order valence-electron chi connectivity index (χ3n) is 3.92. The second-order valence-corrected chi connectivity index (χ2v) is 6.98. The van der Waals surface area contributed by atoms with Crippen LogP contribution < -0.4 is 4.74 Å². The van der Waals surface area contributed by atoms with Crippen molar-refractivity contribution in [2.24, 2.45) is 5.41 Å². The molecule has 2 rings (SSSR count). The van der Waals surface area contributed by atoms with Crippen LogP contribution in [-0.2, 0) is 13.0 Å². The third-order valence-corrected chi connectivity index (χ3v) is 3.92. The highest BCUT2D eigenvalue weighted by Gasteiger charge is 2.21. The van der Waals surface area contributed by atoms with Gasteiger partial charge in [0.25, 0.3) is 0 Å². The summed E-state index contributed by atoms with van der Waals surface area (Å²) in [4.78, 5) is 0. The van der Waals surface area contributed by atoms with E-state index in [2.05, 4.69) is 0 Å². The molecule has 0 amide bonds. The van der Waals surface area contributed by atoms with Gasteiger partial charge in [0.2, 0.25) is 0 Å². The van der Waals surface area contributed by atoms with Gasteiger partial charge >= 0.3 is 0 Å². The number of ether oxygens (including phenoxy) is 1. The lowest BCUT2D eigenvalue weighted by Gasteiger charge is -2.25. The molecule has 2 aromatic carbocycles. The van der Waals surface area contributed by atoms with Crippen LogP contribution >= 0.6 is 0 Å². The lowest BCUT2D eigenvalue weighted by molar-refractivity contribution is 0.0560. The molecule has 0 saturated carbocycles. The van der Waals surface area contributed by atoms with Gasteiger partial charge in [-0.2, -0.15) is 0 Å². The van der Waals surface area contributed by atoms with E-state index in [1.807, 2.05) is 45.0 Å². The van der Waals surface area contributed by atoms with Crippen LogP contribution in [0.2, 0.25) is 0 Å². The number of halogens is 1. The summed E-state index contributed by atoms with van der Waals surface area (Å²) >= 11 is 0. The number of hydrogen-bond donors (Lipinski definition) is 1. The van der Waals surface area contributed by atoms with Gasteiger partial charge < -0.3 is 9.84 Å². The average molecular weight is 316 g/mol. The standard InChI is InChI=1S/C20H25FO2/c1-20(2,3)19(22)12-9-15-5-4-6-18(13-15)23-14-16-7-10-17(21)11-8-16/h4-8,10-11,13,19,22H,9,12,14H2,1-3H3. The number of aliphatic hydroxyl groups excluding tert-OH is 1. The summed E-state index contributed by atoms with van der Waals surface area (Å²) in [6.45, 7) is 6.54. The quantitative estimate of drug-likeness (QED) is 0.834. The van der Waals surface area contributed by atoms with Crippen molar-refractivity contribution in [3.05, 3.63) is 65.5 Å². The Morgan fingerprint density at radius 2 is 1.74 bits per heavy atom. The SMILES string of the molecule is CC(C)(C)C(O)CCc1cccc(OCc2ccc(F)cc2)c1. The van der Waals surface area contributed by atoms with Crippen LogP contribution in [0.25, 0.3) is 0 Å². The molecule has 0 aliphatic rings. The minimum absolute atomic E-state index is 0.101. The lowest BCUT2D eigenvalue weighted by Crippen LogP contribution is -2.26. The van der Waals surface area contributed by atoms with Crippen molar-refractivity contribution in [1.82, 2.24) is 0 Å². The van der Waals surface area contributed by atoms with Crippen molar-refractivity contribution in [2.45, 2.75) is 46.3 Å². The van der Waals surface area contributed by atoms with E-state index in [9.17, 15) is 9.50 Å². The van der Waals surface area contributed by atoms with E-state index >= 15 is 0 Å². The molecule has 2 aromatic rings. The van der Waals surface area contributed by atoms with Gasteiger partial charge in [-0.1, -0.05) is 45.0 Å². The van der Waals surface area contributed by atoms with Crippen LogP contribution in [0, 0.1) is 11.2 Å². The van der Waals surface area contributed by atoms with E-state index in [0.29, 0.717) is 6.61 Å². The Morgan fingerprint density at radius 3 is 2.39 bits per heavy atom. The van der Waals surface area contributed by atoms with Gasteiger partial charge in [-0.3, -0.25) is 0 Å². The molecule has 1 N–H and O–H groups in total. The first-order valence-corrected chi connectivity index (χ1v) is 7.99. The van der Waals surface area contributed by atoms with E-state index in [1.54, 1.807) is 12.1 Å². The predicted octanol–water partition coefficient (Wildman–Crippen LogP) is 4.74. The molecule has 1 unspecified atom stereocenters. The van der Waals surface area contributed by atoms with Crippen molar-refractivity contribution < 1.29 is 14.2 Å². The Morgan fingerprint density at radius 1 is 1.04 bits per heavy atom. The second-order valence-electron chi connectivity index (χ2n) is 6.98. The molecule has 0 heterocycles. The van der Waals surface area contributed by atoms with Crippen molar-refractivity contribution in [3.8, 4) is 5.75 Å². The molecule has 0 aromatic heterocycles. The number of aryl methyl sites for hydroxylation is 1. The number of aliphatic hydroxyl groups is 1. The normalized spacial score (nSPS) is 12.9. The molecule has 0 fully saturated rings. The van der Waals surface area contributed by atoms with Crippen molar-refractivity contribution in [2.75, 3.05) is 0 Å². The Balaban J connectivity index is 1.90. The zero-order valence-electron chi connectivity index (χ0n) is 14.1. The summed E-state index contributed by atoms with van der Waals surface area (Å²) in [5.74, 6) is 0.547. The fourth-order valence-electron chi connectivity index (χ4n) is 2.27. The third kappa shape index (κ3) is 5.68. The summed E-state index contributed by atoms with van der Waals surface area (Å²) in [5.41, 5.74) is 1.97. The zero-order valence-corrected chi connectivity index (χ0v) is 14.1. The number of hydrogen-bond acceptors (Lipinski definition) is 2. The molecule has 0 aliphatic heterocycles. The zero-order chi connectivity index (χ0) is 16.9. The molecular weight excluding hydrogens is 291 g/mol. The Hall–Kier alpha value is -1.87. The van der Waals surface area contributed by atoms with Crippen molar-refractivity contribution in [3.63, 3.8) is 0 Å². The number of benzene rings is 2. The molecule has 1 atom stereocenters. The van der Waals surface area contributed by atoms with Crippen LogP contribution in [0.1, 0.15) is 38.3 Å². The molecular formula is C20H25FO2. The highest BCUT2D eigenvalue weighted by atomic mass is 19.1. The van der Waals surface area contributed by atoms with Crippen LogP contribution in [0.4, 0.5) is 4.39 Å².